The number of thiocarbonyl (C=S) groups is 1. The fraction of sp³-hybridized carbons (Fsp3) is 0.235. The second-order valence-corrected chi connectivity index (χ2v) is 5.45. The fourth-order valence-electron chi connectivity index (χ4n) is 2.19. The topological polar surface area (TPSA) is 24.1 Å². The monoisotopic (exact) mass is 284 g/mol. The van der Waals surface area contributed by atoms with Crippen LogP contribution < -0.4 is 10.6 Å². The Morgan fingerprint density at radius 1 is 1.05 bits per heavy atom. The van der Waals surface area contributed by atoms with Gasteiger partial charge in [0, 0.05) is 5.69 Å². The number of para-hydroxylation sites is 1. The van der Waals surface area contributed by atoms with Crippen LogP contribution >= 0.6 is 12.2 Å². The van der Waals surface area contributed by atoms with Crippen LogP contribution in [0.5, 0.6) is 0 Å². The van der Waals surface area contributed by atoms with Crippen LogP contribution in [0, 0.1) is 13.8 Å². The van der Waals surface area contributed by atoms with Gasteiger partial charge in [-0.15, -0.1) is 0 Å². The zero-order valence-corrected chi connectivity index (χ0v) is 12.9. The maximum absolute atomic E-state index is 5.37. The third-order valence-electron chi connectivity index (χ3n) is 3.28. The van der Waals surface area contributed by atoms with Gasteiger partial charge in [0.15, 0.2) is 5.11 Å². The quantitative estimate of drug-likeness (QED) is 0.819. The number of aryl methyl sites for hydroxylation is 2. The van der Waals surface area contributed by atoms with E-state index < -0.39 is 0 Å². The number of rotatable bonds is 3. The van der Waals surface area contributed by atoms with Crippen LogP contribution in [0.4, 0.5) is 5.69 Å². The molecule has 0 aromatic heterocycles. The molecule has 2 aromatic rings. The predicted molar refractivity (Wildman–Crippen MR) is 90.1 cm³/mol. The van der Waals surface area contributed by atoms with Crippen LogP contribution in [0.3, 0.4) is 0 Å². The summed E-state index contributed by atoms with van der Waals surface area (Å²) in [7, 11) is 0. The van der Waals surface area contributed by atoms with Crippen molar-refractivity contribution in [2.24, 2.45) is 0 Å². The van der Waals surface area contributed by atoms with Gasteiger partial charge in [0.1, 0.15) is 0 Å². The maximum Gasteiger partial charge on any atom is 0.171 e. The van der Waals surface area contributed by atoms with E-state index in [1.54, 1.807) is 0 Å². The molecule has 20 heavy (non-hydrogen) atoms. The second kappa shape index (κ2) is 6.53. The minimum atomic E-state index is 0.179. The fourth-order valence-corrected chi connectivity index (χ4v) is 2.48. The molecule has 0 spiro atoms. The van der Waals surface area contributed by atoms with Crippen molar-refractivity contribution in [1.29, 1.82) is 0 Å². The van der Waals surface area contributed by atoms with Crippen molar-refractivity contribution in [3.8, 4) is 0 Å². The zero-order chi connectivity index (χ0) is 14.5. The molecule has 2 N–H and O–H groups in total. The Balaban J connectivity index is 2.02. The standard InChI is InChI=1S/C17H20N2S/c1-12-9-10-13(2)16(11-12)14(3)18-17(20)19-15-7-5-4-6-8-15/h4-11,14H,1-3H3,(H2,18,19,20)/t14-/m0/s1. The van der Waals surface area contributed by atoms with Crippen LogP contribution in [0.25, 0.3) is 0 Å². The van der Waals surface area contributed by atoms with Crippen molar-refractivity contribution >= 4 is 23.0 Å². The highest BCUT2D eigenvalue weighted by molar-refractivity contribution is 7.80. The van der Waals surface area contributed by atoms with Crippen molar-refractivity contribution < 1.29 is 0 Å². The van der Waals surface area contributed by atoms with Gasteiger partial charge in [0.2, 0.25) is 0 Å². The molecular weight excluding hydrogens is 264 g/mol. The summed E-state index contributed by atoms with van der Waals surface area (Å²) in [5, 5.41) is 7.17. The molecule has 2 rings (SSSR count). The van der Waals surface area contributed by atoms with E-state index in [0.29, 0.717) is 5.11 Å². The smallest absolute Gasteiger partial charge is 0.171 e. The van der Waals surface area contributed by atoms with E-state index in [2.05, 4.69) is 49.6 Å². The van der Waals surface area contributed by atoms with Gasteiger partial charge in [-0.2, -0.15) is 0 Å². The first-order chi connectivity index (χ1) is 9.56. The van der Waals surface area contributed by atoms with E-state index >= 15 is 0 Å². The molecule has 3 heteroatoms. The average molecular weight is 284 g/mol. The van der Waals surface area contributed by atoms with Crippen molar-refractivity contribution in [3.05, 3.63) is 65.2 Å². The number of hydrogen-bond acceptors (Lipinski definition) is 1. The number of anilines is 1. The Bertz CT molecular complexity index is 593. The van der Waals surface area contributed by atoms with Gasteiger partial charge < -0.3 is 10.6 Å². The van der Waals surface area contributed by atoms with Crippen LogP contribution in [0.2, 0.25) is 0 Å². The third-order valence-corrected chi connectivity index (χ3v) is 3.50. The molecule has 0 amide bonds. The molecule has 0 aliphatic heterocycles. The molecule has 2 aromatic carbocycles. The lowest BCUT2D eigenvalue weighted by molar-refractivity contribution is 0.716. The highest BCUT2D eigenvalue weighted by Crippen LogP contribution is 2.19. The molecule has 0 unspecified atom stereocenters. The summed E-state index contributed by atoms with van der Waals surface area (Å²) in [6.45, 7) is 6.36. The van der Waals surface area contributed by atoms with Gasteiger partial charge in [0.05, 0.1) is 6.04 Å². The first-order valence-corrected chi connectivity index (χ1v) is 7.17. The van der Waals surface area contributed by atoms with Crippen molar-refractivity contribution in [2.75, 3.05) is 5.32 Å². The minimum Gasteiger partial charge on any atom is -0.356 e. The molecule has 104 valence electrons. The summed E-state index contributed by atoms with van der Waals surface area (Å²) < 4.78 is 0. The van der Waals surface area contributed by atoms with Gasteiger partial charge in [-0.05, 0) is 56.2 Å². The lowest BCUT2D eigenvalue weighted by atomic mass is 10.0. The molecule has 0 saturated heterocycles. The molecule has 0 aliphatic carbocycles. The molecular formula is C17H20N2S. The highest BCUT2D eigenvalue weighted by atomic mass is 32.1. The molecule has 0 heterocycles. The zero-order valence-electron chi connectivity index (χ0n) is 12.1. The Morgan fingerprint density at radius 2 is 1.75 bits per heavy atom. The number of benzene rings is 2. The van der Waals surface area contributed by atoms with E-state index in [1.807, 2.05) is 30.3 Å². The first kappa shape index (κ1) is 14.5. The maximum atomic E-state index is 5.37. The van der Waals surface area contributed by atoms with Crippen LogP contribution in [0.1, 0.15) is 29.7 Å². The summed E-state index contributed by atoms with van der Waals surface area (Å²) in [5.41, 5.74) is 4.82. The highest BCUT2D eigenvalue weighted by Gasteiger charge is 2.09. The summed E-state index contributed by atoms with van der Waals surface area (Å²) >= 11 is 5.37. The second-order valence-electron chi connectivity index (χ2n) is 5.05. The Kier molecular flexibility index (Phi) is 4.74. The summed E-state index contributed by atoms with van der Waals surface area (Å²) in [6.07, 6.45) is 0. The SMILES string of the molecule is Cc1ccc(C)c([C@H](C)NC(=S)Nc2ccccc2)c1. The molecule has 0 saturated carbocycles. The van der Waals surface area contributed by atoms with Crippen LogP contribution in [0.15, 0.2) is 48.5 Å². The molecule has 1 atom stereocenters. The van der Waals surface area contributed by atoms with Crippen LogP contribution in [-0.4, -0.2) is 5.11 Å². The third kappa shape index (κ3) is 3.81. The van der Waals surface area contributed by atoms with Crippen molar-refractivity contribution in [1.82, 2.24) is 5.32 Å². The van der Waals surface area contributed by atoms with E-state index in [0.717, 1.165) is 5.69 Å². The molecule has 2 nitrogen and oxygen atoms in total. The van der Waals surface area contributed by atoms with E-state index in [9.17, 15) is 0 Å². The van der Waals surface area contributed by atoms with Crippen molar-refractivity contribution in [3.63, 3.8) is 0 Å². The summed E-state index contributed by atoms with van der Waals surface area (Å²) in [6, 6.07) is 16.6. The van der Waals surface area contributed by atoms with E-state index in [-0.39, 0.29) is 6.04 Å². The Morgan fingerprint density at radius 3 is 2.45 bits per heavy atom. The summed E-state index contributed by atoms with van der Waals surface area (Å²) in [4.78, 5) is 0. The van der Waals surface area contributed by atoms with Gasteiger partial charge in [-0.3, -0.25) is 0 Å². The minimum absolute atomic E-state index is 0.179. The lowest BCUT2D eigenvalue weighted by Gasteiger charge is -2.19. The predicted octanol–water partition coefficient (Wildman–Crippen LogP) is 4.35. The van der Waals surface area contributed by atoms with Crippen LogP contribution in [-0.2, 0) is 0 Å². The van der Waals surface area contributed by atoms with Gasteiger partial charge in [0.25, 0.3) is 0 Å². The molecule has 0 radical (unpaired) electrons. The molecule has 0 aliphatic rings. The largest absolute Gasteiger partial charge is 0.356 e. The number of hydrogen-bond donors (Lipinski definition) is 2. The Hall–Kier alpha value is -1.87. The van der Waals surface area contributed by atoms with Gasteiger partial charge in [-0.25, -0.2) is 0 Å². The first-order valence-electron chi connectivity index (χ1n) is 6.76. The van der Waals surface area contributed by atoms with Gasteiger partial charge >= 0.3 is 0 Å². The van der Waals surface area contributed by atoms with Gasteiger partial charge in [-0.1, -0.05) is 42.0 Å². The summed E-state index contributed by atoms with van der Waals surface area (Å²) in [5.74, 6) is 0. The normalized spacial score (nSPS) is 11.8. The average Bonchev–Trinajstić information content (AvgIpc) is 2.42. The molecule has 0 fully saturated rings. The Labute approximate surface area is 126 Å². The van der Waals surface area contributed by atoms with E-state index in [4.69, 9.17) is 12.2 Å². The number of nitrogens with one attached hydrogen (secondary N) is 2. The van der Waals surface area contributed by atoms with E-state index in [1.165, 1.54) is 16.7 Å². The molecule has 0 bridgehead atoms. The lowest BCUT2D eigenvalue weighted by Crippen LogP contribution is -2.31. The van der Waals surface area contributed by atoms with Crippen molar-refractivity contribution in [2.45, 2.75) is 26.8 Å².